The minimum absolute atomic E-state index is 0.229. The number of amides is 2. The van der Waals surface area contributed by atoms with Crippen molar-refractivity contribution in [1.29, 1.82) is 0 Å². The van der Waals surface area contributed by atoms with Crippen molar-refractivity contribution in [2.75, 3.05) is 10.6 Å². The number of hydrogen-bond acceptors (Lipinski definition) is 6. The number of nitrogens with zero attached hydrogens (tertiary/aromatic N) is 2. The maximum Gasteiger partial charge on any atom is 0.256 e. The first kappa shape index (κ1) is 22.8. The fourth-order valence-electron chi connectivity index (χ4n) is 3.16. The highest BCUT2D eigenvalue weighted by molar-refractivity contribution is 8.00. The van der Waals surface area contributed by atoms with Gasteiger partial charge < -0.3 is 15.1 Å². The van der Waals surface area contributed by atoms with Gasteiger partial charge in [-0.25, -0.2) is 4.98 Å². The quantitative estimate of drug-likeness (QED) is 0.265. The van der Waals surface area contributed by atoms with E-state index in [0.29, 0.717) is 44.1 Å². The zero-order valence-electron chi connectivity index (χ0n) is 18.2. The summed E-state index contributed by atoms with van der Waals surface area (Å²) in [5.74, 6) is 0.501. The van der Waals surface area contributed by atoms with Crippen molar-refractivity contribution in [2.45, 2.75) is 31.2 Å². The molecule has 2 heterocycles. The third-order valence-electron chi connectivity index (χ3n) is 5.02. The molecule has 2 aromatic heterocycles. The van der Waals surface area contributed by atoms with E-state index in [1.807, 2.05) is 19.9 Å². The second-order valence-electron chi connectivity index (χ2n) is 7.40. The highest BCUT2D eigenvalue weighted by Crippen LogP contribution is 2.32. The molecule has 1 unspecified atom stereocenters. The maximum absolute atomic E-state index is 12.8. The van der Waals surface area contributed by atoms with Crippen molar-refractivity contribution in [3.05, 3.63) is 76.5 Å². The van der Waals surface area contributed by atoms with Gasteiger partial charge in [0.05, 0.1) is 10.6 Å². The zero-order valence-corrected chi connectivity index (χ0v) is 19.8. The van der Waals surface area contributed by atoms with Crippen LogP contribution in [0, 0.1) is 13.8 Å². The molecule has 0 radical (unpaired) electrons. The van der Waals surface area contributed by atoms with Gasteiger partial charge >= 0.3 is 0 Å². The first-order chi connectivity index (χ1) is 15.8. The third-order valence-corrected chi connectivity index (χ3v) is 6.22. The molecule has 1 atom stereocenters. The molecule has 2 aromatic carbocycles. The van der Waals surface area contributed by atoms with E-state index in [1.165, 1.54) is 0 Å². The lowest BCUT2D eigenvalue weighted by Crippen LogP contribution is -2.22. The van der Waals surface area contributed by atoms with Crippen LogP contribution in [0.2, 0.25) is 5.02 Å². The molecule has 2 N–H and O–H groups in total. The van der Waals surface area contributed by atoms with Crippen molar-refractivity contribution in [2.24, 2.45) is 0 Å². The van der Waals surface area contributed by atoms with Gasteiger partial charge in [-0.3, -0.25) is 9.59 Å². The van der Waals surface area contributed by atoms with E-state index in [4.69, 9.17) is 16.0 Å². The van der Waals surface area contributed by atoms with E-state index in [-0.39, 0.29) is 11.8 Å². The Kier molecular flexibility index (Phi) is 6.67. The monoisotopic (exact) mass is 480 g/mol. The topological polar surface area (TPSA) is 97.1 Å². The first-order valence-corrected chi connectivity index (χ1v) is 11.4. The number of rotatable bonds is 6. The van der Waals surface area contributed by atoms with Crippen LogP contribution in [0.15, 0.2) is 64.2 Å². The Morgan fingerprint density at radius 2 is 1.79 bits per heavy atom. The van der Waals surface area contributed by atoms with Crippen LogP contribution < -0.4 is 10.6 Å². The van der Waals surface area contributed by atoms with Crippen LogP contribution in [-0.4, -0.2) is 27.0 Å². The molecule has 4 aromatic rings. The molecule has 0 saturated carbocycles. The van der Waals surface area contributed by atoms with Crippen LogP contribution >= 0.6 is 23.4 Å². The van der Waals surface area contributed by atoms with Crippen LogP contribution in [0.1, 0.15) is 28.6 Å². The molecule has 0 aliphatic carbocycles. The van der Waals surface area contributed by atoms with Gasteiger partial charge in [0.2, 0.25) is 11.6 Å². The number of anilines is 2. The Labute approximate surface area is 199 Å². The summed E-state index contributed by atoms with van der Waals surface area (Å²) >= 11 is 7.15. The second-order valence-corrected chi connectivity index (χ2v) is 9.14. The predicted molar refractivity (Wildman–Crippen MR) is 131 cm³/mol. The van der Waals surface area contributed by atoms with E-state index >= 15 is 0 Å². The summed E-state index contributed by atoms with van der Waals surface area (Å²) in [7, 11) is 0. The zero-order chi connectivity index (χ0) is 23.5. The minimum atomic E-state index is -0.517. The summed E-state index contributed by atoms with van der Waals surface area (Å²) in [6.45, 7) is 5.46. The average molecular weight is 481 g/mol. The average Bonchev–Trinajstić information content (AvgIpc) is 3.07. The number of aromatic nitrogens is 2. The van der Waals surface area contributed by atoms with Gasteiger partial charge in [-0.05, 0) is 51.1 Å². The number of halogens is 1. The van der Waals surface area contributed by atoms with Crippen LogP contribution in [0.25, 0.3) is 11.1 Å². The van der Waals surface area contributed by atoms with Crippen LogP contribution in [0.5, 0.6) is 0 Å². The van der Waals surface area contributed by atoms with Gasteiger partial charge in [0, 0.05) is 21.8 Å². The van der Waals surface area contributed by atoms with E-state index in [0.717, 1.165) is 17.3 Å². The van der Waals surface area contributed by atoms with Gasteiger partial charge in [0.15, 0.2) is 5.16 Å². The largest absolute Gasteiger partial charge is 0.443 e. The normalized spacial score (nSPS) is 11.9. The molecule has 2 amide bonds. The second kappa shape index (κ2) is 9.64. The van der Waals surface area contributed by atoms with Gasteiger partial charge in [-0.1, -0.05) is 47.6 Å². The Bertz CT molecular complexity index is 1340. The first-order valence-electron chi connectivity index (χ1n) is 10.2. The number of fused-ring (bicyclic) bond motifs is 1. The number of nitrogens with one attached hydrogen (secondary N) is 2. The van der Waals surface area contributed by atoms with E-state index < -0.39 is 5.25 Å². The summed E-state index contributed by atoms with van der Waals surface area (Å²) in [4.78, 5) is 34.5. The summed E-state index contributed by atoms with van der Waals surface area (Å²) < 4.78 is 5.79. The molecule has 0 spiro atoms. The number of carbonyl (C=O) groups is 2. The van der Waals surface area contributed by atoms with Crippen molar-refractivity contribution in [3.8, 4) is 0 Å². The molecular formula is C24H21ClN4O3S. The lowest BCUT2D eigenvalue weighted by molar-refractivity contribution is -0.115. The number of benzene rings is 2. The molecule has 0 aliphatic heterocycles. The van der Waals surface area contributed by atoms with E-state index in [2.05, 4.69) is 20.6 Å². The smallest absolute Gasteiger partial charge is 0.256 e. The maximum atomic E-state index is 12.8. The number of aryl methyl sites for hydroxylation is 2. The van der Waals surface area contributed by atoms with Gasteiger partial charge in [0.25, 0.3) is 5.91 Å². The van der Waals surface area contributed by atoms with Crippen LogP contribution in [-0.2, 0) is 4.79 Å². The summed E-state index contributed by atoms with van der Waals surface area (Å²) in [5.41, 5.74) is 2.31. The van der Waals surface area contributed by atoms with Crippen LogP contribution in [0.3, 0.4) is 0 Å². The van der Waals surface area contributed by atoms with Crippen molar-refractivity contribution < 1.29 is 14.0 Å². The molecule has 0 saturated heterocycles. The molecule has 9 heteroatoms. The highest BCUT2D eigenvalue weighted by atomic mass is 35.5. The molecule has 7 nitrogen and oxygen atoms in total. The van der Waals surface area contributed by atoms with Gasteiger partial charge in [0.1, 0.15) is 11.6 Å². The van der Waals surface area contributed by atoms with Crippen molar-refractivity contribution >= 4 is 57.8 Å². The summed E-state index contributed by atoms with van der Waals surface area (Å²) in [5, 5.41) is 6.66. The Balaban J connectivity index is 1.60. The Hall–Kier alpha value is -3.36. The predicted octanol–water partition coefficient (Wildman–Crippen LogP) is 5.86. The molecular weight excluding hydrogens is 460 g/mol. The lowest BCUT2D eigenvalue weighted by atomic mass is 10.2. The van der Waals surface area contributed by atoms with Crippen LogP contribution in [0.4, 0.5) is 11.5 Å². The standard InChI is InChI=1S/C24H21ClN4O3S/c1-13-14(2)32-23-19(13)20(27-22(31)16-8-5-4-6-9-16)28-24(29-23)33-15(3)21(30)26-18-11-7-10-17(25)12-18/h4-12,15H,1-3H3,(H,26,30)(H,27,28,29,31). The Morgan fingerprint density at radius 1 is 1.03 bits per heavy atom. The number of carbonyl (C=O) groups excluding carboxylic acids is 2. The minimum Gasteiger partial charge on any atom is -0.443 e. The summed E-state index contributed by atoms with van der Waals surface area (Å²) in [6.07, 6.45) is 0. The van der Waals surface area contributed by atoms with Crippen molar-refractivity contribution in [1.82, 2.24) is 9.97 Å². The molecule has 0 bridgehead atoms. The molecule has 0 fully saturated rings. The fraction of sp³-hybridized carbons (Fsp3) is 0.167. The molecule has 168 valence electrons. The molecule has 0 aliphatic rings. The van der Waals surface area contributed by atoms with E-state index in [9.17, 15) is 9.59 Å². The SMILES string of the molecule is Cc1oc2nc(SC(C)C(=O)Nc3cccc(Cl)c3)nc(NC(=O)c3ccccc3)c2c1C. The summed E-state index contributed by atoms with van der Waals surface area (Å²) in [6, 6.07) is 15.8. The van der Waals surface area contributed by atoms with E-state index in [1.54, 1.807) is 55.5 Å². The highest BCUT2D eigenvalue weighted by Gasteiger charge is 2.22. The van der Waals surface area contributed by atoms with Gasteiger partial charge in [-0.15, -0.1) is 0 Å². The molecule has 33 heavy (non-hydrogen) atoms. The van der Waals surface area contributed by atoms with Crippen molar-refractivity contribution in [3.63, 3.8) is 0 Å². The Morgan fingerprint density at radius 3 is 2.52 bits per heavy atom. The number of hydrogen-bond donors (Lipinski definition) is 2. The fourth-order valence-corrected chi connectivity index (χ4v) is 4.12. The molecule has 4 rings (SSSR count). The number of thioether (sulfide) groups is 1. The third kappa shape index (κ3) is 5.18. The lowest BCUT2D eigenvalue weighted by Gasteiger charge is -2.12. The van der Waals surface area contributed by atoms with Gasteiger partial charge in [-0.2, -0.15) is 4.98 Å². The number of furan rings is 1.